The molecule has 1 fully saturated rings. The summed E-state index contributed by atoms with van der Waals surface area (Å²) in [5.41, 5.74) is 3.93. The second kappa shape index (κ2) is 8.70. The first-order valence-corrected chi connectivity index (χ1v) is 10.8. The number of hydrogen-bond donors (Lipinski definition) is 2. The number of nitrogens with zero attached hydrogens (tertiary/aromatic N) is 2. The zero-order chi connectivity index (χ0) is 21.9. The molecule has 0 bridgehead atoms. The number of hydrogen-bond acceptors (Lipinski definition) is 4. The molecule has 2 aromatic heterocycles. The maximum atomic E-state index is 12.5. The van der Waals surface area contributed by atoms with Crippen LogP contribution in [0.1, 0.15) is 36.4 Å². The number of nitrogens with one attached hydrogen (secondary N) is 2. The van der Waals surface area contributed by atoms with Crippen LogP contribution in [0.2, 0.25) is 0 Å². The number of carbonyl (C=O) groups is 2. The maximum absolute atomic E-state index is 12.5. The van der Waals surface area contributed by atoms with Crippen LogP contribution in [0.3, 0.4) is 0 Å². The number of anilines is 1. The summed E-state index contributed by atoms with van der Waals surface area (Å²) in [4.78, 5) is 27.9. The molecule has 2 heterocycles. The minimum Gasteiger partial charge on any atom is -0.456 e. The third-order valence-electron chi connectivity index (χ3n) is 5.63. The summed E-state index contributed by atoms with van der Waals surface area (Å²) in [6.45, 7) is -0.328. The second-order valence-corrected chi connectivity index (χ2v) is 8.04. The molecule has 0 saturated heterocycles. The fourth-order valence-corrected chi connectivity index (χ4v) is 3.81. The first-order valence-electron chi connectivity index (χ1n) is 10.8. The van der Waals surface area contributed by atoms with E-state index in [9.17, 15) is 9.59 Å². The van der Waals surface area contributed by atoms with Crippen molar-refractivity contribution in [2.45, 2.75) is 31.6 Å². The van der Waals surface area contributed by atoms with Gasteiger partial charge in [0.05, 0.1) is 11.4 Å². The summed E-state index contributed by atoms with van der Waals surface area (Å²) in [6, 6.07) is 19.5. The Hall–Kier alpha value is -3.87. The lowest BCUT2D eigenvalue weighted by Gasteiger charge is -2.09. The third-order valence-corrected chi connectivity index (χ3v) is 5.63. The van der Waals surface area contributed by atoms with Crippen molar-refractivity contribution in [3.05, 3.63) is 78.1 Å². The van der Waals surface area contributed by atoms with E-state index in [2.05, 4.69) is 15.4 Å². The van der Waals surface area contributed by atoms with Gasteiger partial charge in [-0.1, -0.05) is 36.4 Å². The highest BCUT2D eigenvalue weighted by molar-refractivity contribution is 5.92. The van der Waals surface area contributed by atoms with Crippen molar-refractivity contribution in [3.8, 4) is 5.69 Å². The van der Waals surface area contributed by atoms with Gasteiger partial charge in [0, 0.05) is 35.5 Å². The van der Waals surface area contributed by atoms with Gasteiger partial charge >= 0.3 is 5.97 Å². The highest BCUT2D eigenvalue weighted by Gasteiger charge is 2.28. The average molecular weight is 428 g/mol. The van der Waals surface area contributed by atoms with Gasteiger partial charge in [-0.25, -0.2) is 4.68 Å². The Morgan fingerprint density at radius 2 is 1.88 bits per heavy atom. The molecule has 0 aliphatic heterocycles. The summed E-state index contributed by atoms with van der Waals surface area (Å²) in [6.07, 6.45) is 4.91. The SMILES string of the molecule is O=C(COC(=O)CCc1c[nH]c2ccccc12)Nc1cc(C2CC2)nn1-c1ccccc1. The zero-order valence-corrected chi connectivity index (χ0v) is 17.6. The standard InChI is InChI=1S/C25H24N4O3/c30-24(16-32-25(31)13-12-18-15-26-21-9-5-4-8-20(18)21)27-23-14-22(17-10-11-17)28-29(23)19-6-2-1-3-7-19/h1-9,14-15,17,26H,10-13,16H2,(H,27,30). The summed E-state index contributed by atoms with van der Waals surface area (Å²) in [5.74, 6) is 0.251. The number of fused-ring (bicyclic) bond motifs is 1. The van der Waals surface area contributed by atoms with Gasteiger partial charge in [0.1, 0.15) is 5.82 Å². The lowest BCUT2D eigenvalue weighted by molar-refractivity contribution is -0.147. The van der Waals surface area contributed by atoms with Crippen LogP contribution in [0, 0.1) is 0 Å². The second-order valence-electron chi connectivity index (χ2n) is 8.04. The van der Waals surface area contributed by atoms with Crippen molar-refractivity contribution in [2.24, 2.45) is 0 Å². The molecule has 2 N–H and O–H groups in total. The molecule has 0 unspecified atom stereocenters. The molecule has 1 aliphatic rings. The van der Waals surface area contributed by atoms with Gasteiger partial charge in [-0.15, -0.1) is 0 Å². The van der Waals surface area contributed by atoms with E-state index in [1.807, 2.05) is 66.9 Å². The van der Waals surface area contributed by atoms with Gasteiger partial charge in [-0.3, -0.25) is 9.59 Å². The van der Waals surface area contributed by atoms with E-state index in [0.717, 1.165) is 40.7 Å². The van der Waals surface area contributed by atoms with E-state index in [1.165, 1.54) is 0 Å². The molecule has 4 aromatic rings. The van der Waals surface area contributed by atoms with E-state index >= 15 is 0 Å². The molecule has 1 amide bonds. The Morgan fingerprint density at radius 3 is 2.69 bits per heavy atom. The first kappa shape index (κ1) is 20.1. The van der Waals surface area contributed by atoms with Gasteiger partial charge in [-0.2, -0.15) is 5.10 Å². The van der Waals surface area contributed by atoms with Gasteiger partial charge in [0.25, 0.3) is 5.91 Å². The van der Waals surface area contributed by atoms with Gasteiger partial charge in [0.15, 0.2) is 6.61 Å². The molecule has 1 saturated carbocycles. The zero-order valence-electron chi connectivity index (χ0n) is 17.6. The van der Waals surface area contributed by atoms with E-state index < -0.39 is 5.97 Å². The molecule has 0 radical (unpaired) electrons. The highest BCUT2D eigenvalue weighted by atomic mass is 16.5. The number of rotatable bonds is 8. The van der Waals surface area contributed by atoms with Crippen LogP contribution in [0.25, 0.3) is 16.6 Å². The molecule has 162 valence electrons. The van der Waals surface area contributed by atoms with Crippen LogP contribution < -0.4 is 5.32 Å². The Labute approximate surface area is 185 Å². The number of esters is 1. The molecule has 1 aliphatic carbocycles. The number of para-hydroxylation sites is 2. The van der Waals surface area contributed by atoms with Crippen molar-refractivity contribution in [2.75, 3.05) is 11.9 Å². The van der Waals surface area contributed by atoms with Crippen LogP contribution in [0.15, 0.2) is 66.9 Å². The molecule has 5 rings (SSSR count). The third kappa shape index (κ3) is 4.42. The van der Waals surface area contributed by atoms with E-state index in [0.29, 0.717) is 18.2 Å². The topological polar surface area (TPSA) is 89.0 Å². The van der Waals surface area contributed by atoms with Crippen LogP contribution in [0.4, 0.5) is 5.82 Å². The number of benzene rings is 2. The lowest BCUT2D eigenvalue weighted by atomic mass is 10.1. The van der Waals surface area contributed by atoms with Crippen LogP contribution in [-0.2, 0) is 20.7 Å². The Kier molecular flexibility index (Phi) is 5.46. The highest BCUT2D eigenvalue weighted by Crippen LogP contribution is 2.40. The molecule has 0 spiro atoms. The van der Waals surface area contributed by atoms with Crippen molar-refractivity contribution in [1.82, 2.24) is 14.8 Å². The van der Waals surface area contributed by atoms with E-state index in [4.69, 9.17) is 4.74 Å². The molecular formula is C25H24N4O3. The number of aromatic nitrogens is 3. The smallest absolute Gasteiger partial charge is 0.306 e. The largest absolute Gasteiger partial charge is 0.456 e. The van der Waals surface area contributed by atoms with Gasteiger partial charge in [0.2, 0.25) is 0 Å². The Bertz CT molecular complexity index is 1250. The summed E-state index contributed by atoms with van der Waals surface area (Å²) in [5, 5.41) is 8.60. The van der Waals surface area contributed by atoms with Crippen molar-refractivity contribution in [3.63, 3.8) is 0 Å². The molecule has 7 nitrogen and oxygen atoms in total. The predicted molar refractivity (Wildman–Crippen MR) is 122 cm³/mol. The lowest BCUT2D eigenvalue weighted by Crippen LogP contribution is -2.22. The number of ether oxygens (including phenoxy) is 1. The number of aryl methyl sites for hydroxylation is 1. The molecule has 0 atom stereocenters. The molecule has 32 heavy (non-hydrogen) atoms. The normalized spacial score (nSPS) is 13.2. The maximum Gasteiger partial charge on any atom is 0.306 e. The summed E-state index contributed by atoms with van der Waals surface area (Å²) >= 11 is 0. The van der Waals surface area contributed by atoms with Crippen LogP contribution in [0.5, 0.6) is 0 Å². The summed E-state index contributed by atoms with van der Waals surface area (Å²) < 4.78 is 6.93. The Morgan fingerprint density at radius 1 is 1.09 bits per heavy atom. The molecular weight excluding hydrogens is 404 g/mol. The quantitative estimate of drug-likeness (QED) is 0.409. The van der Waals surface area contributed by atoms with Crippen molar-refractivity contribution in [1.29, 1.82) is 0 Å². The number of carbonyl (C=O) groups excluding carboxylic acids is 2. The minimum absolute atomic E-state index is 0.211. The average Bonchev–Trinajstić information content (AvgIpc) is 3.46. The molecule has 2 aromatic carbocycles. The van der Waals surface area contributed by atoms with Crippen LogP contribution >= 0.6 is 0 Å². The predicted octanol–water partition coefficient (Wildman–Crippen LogP) is 4.35. The van der Waals surface area contributed by atoms with Crippen molar-refractivity contribution < 1.29 is 14.3 Å². The minimum atomic E-state index is -0.402. The first-order chi connectivity index (χ1) is 15.7. The number of H-pyrrole nitrogens is 1. The fourth-order valence-electron chi connectivity index (χ4n) is 3.81. The van der Waals surface area contributed by atoms with Crippen molar-refractivity contribution >= 4 is 28.6 Å². The number of aromatic amines is 1. The number of amides is 1. The van der Waals surface area contributed by atoms with Crippen LogP contribution in [-0.4, -0.2) is 33.2 Å². The monoisotopic (exact) mass is 428 g/mol. The van der Waals surface area contributed by atoms with E-state index in [1.54, 1.807) is 4.68 Å². The fraction of sp³-hybridized carbons (Fsp3) is 0.240. The van der Waals surface area contributed by atoms with Gasteiger partial charge < -0.3 is 15.0 Å². The Balaban J connectivity index is 1.17. The van der Waals surface area contributed by atoms with Gasteiger partial charge in [-0.05, 0) is 43.0 Å². The molecule has 7 heteroatoms. The summed E-state index contributed by atoms with van der Waals surface area (Å²) in [7, 11) is 0. The van der Waals surface area contributed by atoms with E-state index in [-0.39, 0.29) is 18.9 Å².